The van der Waals surface area contributed by atoms with Gasteiger partial charge in [0.25, 0.3) is 0 Å². The molecule has 0 amide bonds. The van der Waals surface area contributed by atoms with Crippen LogP contribution in [0, 0.1) is 0 Å². The zero-order chi connectivity index (χ0) is 15.4. The summed E-state index contributed by atoms with van der Waals surface area (Å²) in [6, 6.07) is 0. The summed E-state index contributed by atoms with van der Waals surface area (Å²) in [5.74, 6) is 0. The van der Waals surface area contributed by atoms with E-state index in [0.717, 1.165) is 6.54 Å². The fraction of sp³-hybridized carbons (Fsp3) is 1.00. The summed E-state index contributed by atoms with van der Waals surface area (Å²) < 4.78 is 0. The third kappa shape index (κ3) is 19.9. The molecule has 128 valence electrons. The maximum Gasteiger partial charge on any atom is -0.00489 e. The molecule has 21 heavy (non-hydrogen) atoms. The first-order valence-corrected chi connectivity index (χ1v) is 9.82. The number of unbranched alkanes of at least 4 members (excludes halogenated alkanes) is 13. The van der Waals surface area contributed by atoms with E-state index in [1.165, 1.54) is 109 Å². The van der Waals surface area contributed by atoms with E-state index in [2.05, 4.69) is 12.2 Å². The van der Waals surface area contributed by atoms with Crippen LogP contribution < -0.4 is 11.1 Å². The molecular weight excluding hydrogens is 256 g/mol. The highest BCUT2D eigenvalue weighted by molar-refractivity contribution is 4.52. The SMILES string of the molecule is CCCCCCCNCCCCCCCCCCCCN. The van der Waals surface area contributed by atoms with Gasteiger partial charge < -0.3 is 11.1 Å². The van der Waals surface area contributed by atoms with E-state index in [1.807, 2.05) is 0 Å². The van der Waals surface area contributed by atoms with Crippen LogP contribution in [0.15, 0.2) is 0 Å². The molecule has 0 aliphatic heterocycles. The van der Waals surface area contributed by atoms with Crippen molar-refractivity contribution in [3.8, 4) is 0 Å². The van der Waals surface area contributed by atoms with E-state index in [-0.39, 0.29) is 0 Å². The summed E-state index contributed by atoms with van der Waals surface area (Å²) in [6.07, 6.45) is 20.8. The smallest absolute Gasteiger partial charge is 0.00489 e. The van der Waals surface area contributed by atoms with Gasteiger partial charge >= 0.3 is 0 Å². The first-order valence-electron chi connectivity index (χ1n) is 9.82. The van der Waals surface area contributed by atoms with Crippen molar-refractivity contribution in [3.63, 3.8) is 0 Å². The molecule has 0 bridgehead atoms. The molecule has 3 N–H and O–H groups in total. The van der Waals surface area contributed by atoms with Crippen LogP contribution in [0.25, 0.3) is 0 Å². The van der Waals surface area contributed by atoms with Crippen molar-refractivity contribution < 1.29 is 0 Å². The first-order chi connectivity index (χ1) is 10.4. The van der Waals surface area contributed by atoms with Crippen LogP contribution in [0.4, 0.5) is 0 Å². The Hall–Kier alpha value is -0.0800. The number of rotatable bonds is 18. The molecule has 0 rings (SSSR count). The Kier molecular flexibility index (Phi) is 19.8. The third-order valence-corrected chi connectivity index (χ3v) is 4.26. The Bertz CT molecular complexity index is 153. The fourth-order valence-corrected chi connectivity index (χ4v) is 2.79. The maximum atomic E-state index is 5.49. The molecule has 0 aliphatic carbocycles. The summed E-state index contributed by atoms with van der Waals surface area (Å²) >= 11 is 0. The molecule has 0 aromatic carbocycles. The van der Waals surface area contributed by atoms with Gasteiger partial charge in [-0.15, -0.1) is 0 Å². The lowest BCUT2D eigenvalue weighted by molar-refractivity contribution is 0.532. The largest absolute Gasteiger partial charge is 0.330 e. The molecule has 0 fully saturated rings. The van der Waals surface area contributed by atoms with Gasteiger partial charge in [-0.25, -0.2) is 0 Å². The Morgan fingerprint density at radius 2 is 0.905 bits per heavy atom. The maximum absolute atomic E-state index is 5.49. The van der Waals surface area contributed by atoms with Crippen LogP contribution in [0.5, 0.6) is 0 Å². The van der Waals surface area contributed by atoms with Gasteiger partial charge in [0.05, 0.1) is 0 Å². The Labute approximate surface area is 134 Å². The van der Waals surface area contributed by atoms with Crippen LogP contribution in [-0.2, 0) is 0 Å². The minimum Gasteiger partial charge on any atom is -0.330 e. The minimum atomic E-state index is 0.868. The second-order valence-electron chi connectivity index (χ2n) is 6.49. The minimum absolute atomic E-state index is 0.868. The van der Waals surface area contributed by atoms with Gasteiger partial charge in [-0.3, -0.25) is 0 Å². The van der Waals surface area contributed by atoms with Gasteiger partial charge in [-0.1, -0.05) is 84.0 Å². The normalized spacial score (nSPS) is 11.1. The number of nitrogens with one attached hydrogen (secondary N) is 1. The van der Waals surface area contributed by atoms with E-state index < -0.39 is 0 Å². The van der Waals surface area contributed by atoms with Gasteiger partial charge in [0.15, 0.2) is 0 Å². The van der Waals surface area contributed by atoms with Crippen molar-refractivity contribution in [2.45, 2.75) is 103 Å². The number of nitrogens with two attached hydrogens (primary N) is 1. The number of hydrogen-bond acceptors (Lipinski definition) is 2. The predicted molar refractivity (Wildman–Crippen MR) is 96.9 cm³/mol. The van der Waals surface area contributed by atoms with Crippen molar-refractivity contribution in [1.29, 1.82) is 0 Å². The van der Waals surface area contributed by atoms with Gasteiger partial charge in [-0.2, -0.15) is 0 Å². The monoisotopic (exact) mass is 298 g/mol. The molecule has 0 spiro atoms. The van der Waals surface area contributed by atoms with Gasteiger partial charge in [-0.05, 0) is 38.9 Å². The zero-order valence-electron chi connectivity index (χ0n) is 14.8. The second kappa shape index (κ2) is 19.9. The summed E-state index contributed by atoms with van der Waals surface area (Å²) in [5.41, 5.74) is 5.49. The van der Waals surface area contributed by atoms with Crippen LogP contribution in [-0.4, -0.2) is 19.6 Å². The lowest BCUT2D eigenvalue weighted by atomic mass is 10.1. The fourth-order valence-electron chi connectivity index (χ4n) is 2.79. The van der Waals surface area contributed by atoms with E-state index >= 15 is 0 Å². The van der Waals surface area contributed by atoms with Gasteiger partial charge in [0.2, 0.25) is 0 Å². The molecule has 0 heterocycles. The quantitative estimate of drug-likeness (QED) is 0.332. The molecule has 0 atom stereocenters. The second-order valence-corrected chi connectivity index (χ2v) is 6.49. The van der Waals surface area contributed by atoms with E-state index in [0.29, 0.717) is 0 Å². The molecule has 0 aromatic rings. The summed E-state index contributed by atoms with van der Waals surface area (Å²) in [5, 5.41) is 3.58. The Morgan fingerprint density at radius 3 is 1.33 bits per heavy atom. The van der Waals surface area contributed by atoms with Crippen LogP contribution in [0.3, 0.4) is 0 Å². The van der Waals surface area contributed by atoms with E-state index in [1.54, 1.807) is 0 Å². The third-order valence-electron chi connectivity index (χ3n) is 4.26. The molecule has 0 saturated carbocycles. The lowest BCUT2D eigenvalue weighted by Gasteiger charge is -2.05. The highest BCUT2D eigenvalue weighted by Crippen LogP contribution is 2.10. The molecule has 0 saturated heterocycles. The topological polar surface area (TPSA) is 38.0 Å². The van der Waals surface area contributed by atoms with Crippen molar-refractivity contribution in [2.24, 2.45) is 5.73 Å². The molecule has 0 unspecified atom stereocenters. The highest BCUT2D eigenvalue weighted by atomic mass is 14.8. The van der Waals surface area contributed by atoms with Crippen molar-refractivity contribution >= 4 is 0 Å². The van der Waals surface area contributed by atoms with Crippen molar-refractivity contribution in [1.82, 2.24) is 5.32 Å². The number of hydrogen-bond donors (Lipinski definition) is 2. The summed E-state index contributed by atoms with van der Waals surface area (Å²) in [7, 11) is 0. The average Bonchev–Trinajstić information content (AvgIpc) is 2.50. The Balaban J connectivity index is 2.90. The molecular formula is C19H42N2. The summed E-state index contributed by atoms with van der Waals surface area (Å²) in [6.45, 7) is 5.60. The van der Waals surface area contributed by atoms with E-state index in [4.69, 9.17) is 5.73 Å². The first kappa shape index (κ1) is 20.9. The van der Waals surface area contributed by atoms with Gasteiger partial charge in [0, 0.05) is 0 Å². The molecule has 2 heteroatoms. The average molecular weight is 299 g/mol. The Morgan fingerprint density at radius 1 is 0.524 bits per heavy atom. The predicted octanol–water partition coefficient (Wildman–Crippen LogP) is 5.41. The van der Waals surface area contributed by atoms with E-state index in [9.17, 15) is 0 Å². The molecule has 0 radical (unpaired) electrons. The van der Waals surface area contributed by atoms with Crippen LogP contribution >= 0.6 is 0 Å². The van der Waals surface area contributed by atoms with Crippen molar-refractivity contribution in [2.75, 3.05) is 19.6 Å². The standard InChI is InChI=1S/C19H42N2/c1-2-3-4-12-15-18-21-19-16-13-10-8-6-5-7-9-11-14-17-20/h21H,2-20H2,1H3. The molecule has 2 nitrogen and oxygen atoms in total. The van der Waals surface area contributed by atoms with Crippen molar-refractivity contribution in [3.05, 3.63) is 0 Å². The highest BCUT2D eigenvalue weighted by Gasteiger charge is 1.93. The van der Waals surface area contributed by atoms with Crippen LogP contribution in [0.1, 0.15) is 103 Å². The zero-order valence-corrected chi connectivity index (χ0v) is 14.8. The summed E-state index contributed by atoms with van der Waals surface area (Å²) in [4.78, 5) is 0. The van der Waals surface area contributed by atoms with Crippen LogP contribution in [0.2, 0.25) is 0 Å². The molecule has 0 aromatic heterocycles. The molecule has 0 aliphatic rings. The lowest BCUT2D eigenvalue weighted by Crippen LogP contribution is -2.16. The van der Waals surface area contributed by atoms with Gasteiger partial charge in [0.1, 0.15) is 0 Å².